The maximum atomic E-state index is 13.6. The van der Waals surface area contributed by atoms with Crippen LogP contribution in [0, 0.1) is 11.6 Å². The molecule has 1 aromatic carbocycles. The largest absolute Gasteiger partial charge is 0.444 e. The predicted molar refractivity (Wildman–Crippen MR) is 97.1 cm³/mol. The third kappa shape index (κ3) is 5.38. The fourth-order valence-electron chi connectivity index (χ4n) is 3.28. The SMILES string of the molecule is CNC(=O)CC1C[C@@H](c2ccc(F)c(F)c2)C(N)CN1C(=O)OC(C)(C)C. The first-order valence-electron chi connectivity index (χ1n) is 8.92. The van der Waals surface area contributed by atoms with E-state index >= 15 is 0 Å². The van der Waals surface area contributed by atoms with Gasteiger partial charge >= 0.3 is 6.09 Å². The van der Waals surface area contributed by atoms with Crippen molar-refractivity contribution in [2.24, 2.45) is 5.73 Å². The van der Waals surface area contributed by atoms with Crippen molar-refractivity contribution in [2.75, 3.05) is 13.6 Å². The Morgan fingerprint density at radius 1 is 1.30 bits per heavy atom. The molecule has 2 unspecified atom stereocenters. The van der Waals surface area contributed by atoms with Gasteiger partial charge < -0.3 is 20.7 Å². The van der Waals surface area contributed by atoms with E-state index in [1.54, 1.807) is 20.8 Å². The van der Waals surface area contributed by atoms with Crippen molar-refractivity contribution in [1.29, 1.82) is 0 Å². The maximum absolute atomic E-state index is 13.6. The van der Waals surface area contributed by atoms with E-state index in [0.717, 1.165) is 12.1 Å². The van der Waals surface area contributed by atoms with Crippen LogP contribution in [0.1, 0.15) is 45.1 Å². The van der Waals surface area contributed by atoms with Crippen LogP contribution in [0.2, 0.25) is 0 Å². The van der Waals surface area contributed by atoms with Crippen LogP contribution >= 0.6 is 0 Å². The van der Waals surface area contributed by atoms with Gasteiger partial charge in [0.2, 0.25) is 5.91 Å². The number of carbonyl (C=O) groups excluding carboxylic acids is 2. The summed E-state index contributed by atoms with van der Waals surface area (Å²) >= 11 is 0. The summed E-state index contributed by atoms with van der Waals surface area (Å²) in [6, 6.07) is 2.72. The Labute approximate surface area is 158 Å². The van der Waals surface area contributed by atoms with E-state index in [1.807, 2.05) is 0 Å². The molecule has 0 saturated carbocycles. The molecule has 0 bridgehead atoms. The van der Waals surface area contributed by atoms with Crippen LogP contribution in [0.4, 0.5) is 13.6 Å². The summed E-state index contributed by atoms with van der Waals surface area (Å²) in [4.78, 5) is 26.0. The Kier molecular flexibility index (Phi) is 6.41. The van der Waals surface area contributed by atoms with Crippen molar-refractivity contribution in [3.8, 4) is 0 Å². The first kappa shape index (κ1) is 21.1. The van der Waals surface area contributed by atoms with Crippen molar-refractivity contribution in [3.05, 3.63) is 35.4 Å². The van der Waals surface area contributed by atoms with Gasteiger partial charge in [-0.25, -0.2) is 13.6 Å². The number of nitrogens with one attached hydrogen (secondary N) is 1. The molecule has 3 atom stereocenters. The number of hydrogen-bond acceptors (Lipinski definition) is 4. The number of nitrogens with zero attached hydrogens (tertiary/aromatic N) is 1. The molecule has 0 aliphatic carbocycles. The Bertz CT molecular complexity index is 706. The Balaban J connectivity index is 2.27. The van der Waals surface area contributed by atoms with Crippen molar-refractivity contribution in [2.45, 2.75) is 57.2 Å². The van der Waals surface area contributed by atoms with E-state index in [1.165, 1.54) is 18.0 Å². The summed E-state index contributed by atoms with van der Waals surface area (Å²) in [6.45, 7) is 5.42. The second kappa shape index (κ2) is 8.21. The highest BCUT2D eigenvalue weighted by Crippen LogP contribution is 2.33. The minimum Gasteiger partial charge on any atom is -0.444 e. The van der Waals surface area contributed by atoms with Crippen LogP contribution in [-0.4, -0.2) is 48.2 Å². The molecule has 6 nitrogen and oxygen atoms in total. The van der Waals surface area contributed by atoms with Crippen LogP contribution in [0.5, 0.6) is 0 Å². The number of rotatable bonds is 3. The van der Waals surface area contributed by atoms with Crippen LogP contribution in [0.15, 0.2) is 18.2 Å². The highest BCUT2D eigenvalue weighted by atomic mass is 19.2. The molecular weight excluding hydrogens is 356 g/mol. The zero-order valence-electron chi connectivity index (χ0n) is 16.1. The topological polar surface area (TPSA) is 84.7 Å². The van der Waals surface area contributed by atoms with Gasteiger partial charge in [-0.1, -0.05) is 6.07 Å². The molecule has 1 heterocycles. The van der Waals surface area contributed by atoms with Crippen molar-refractivity contribution >= 4 is 12.0 Å². The fraction of sp³-hybridized carbons (Fsp3) is 0.579. The molecule has 1 fully saturated rings. The third-order valence-electron chi connectivity index (χ3n) is 4.59. The maximum Gasteiger partial charge on any atom is 0.410 e. The van der Waals surface area contributed by atoms with Gasteiger partial charge in [-0.05, 0) is 44.9 Å². The molecule has 1 aliphatic heterocycles. The van der Waals surface area contributed by atoms with E-state index in [2.05, 4.69) is 5.32 Å². The number of likely N-dealkylation sites (tertiary alicyclic amines) is 1. The second-order valence-electron chi connectivity index (χ2n) is 7.84. The van der Waals surface area contributed by atoms with Crippen LogP contribution in [0.25, 0.3) is 0 Å². The van der Waals surface area contributed by atoms with Crippen molar-refractivity contribution in [3.63, 3.8) is 0 Å². The lowest BCUT2D eigenvalue weighted by molar-refractivity contribution is -0.122. The summed E-state index contributed by atoms with van der Waals surface area (Å²) in [5.74, 6) is -2.42. The van der Waals surface area contributed by atoms with Gasteiger partial charge in [0.05, 0.1) is 0 Å². The number of nitrogens with two attached hydrogens (primary N) is 1. The lowest BCUT2D eigenvalue weighted by Gasteiger charge is -2.43. The van der Waals surface area contributed by atoms with Gasteiger partial charge in [0.1, 0.15) is 5.60 Å². The third-order valence-corrected chi connectivity index (χ3v) is 4.59. The van der Waals surface area contributed by atoms with Crippen LogP contribution < -0.4 is 11.1 Å². The fourth-order valence-corrected chi connectivity index (χ4v) is 3.28. The van der Waals surface area contributed by atoms with Crippen molar-refractivity contribution in [1.82, 2.24) is 10.2 Å². The molecule has 0 aromatic heterocycles. The van der Waals surface area contributed by atoms with Crippen LogP contribution in [0.3, 0.4) is 0 Å². The number of ether oxygens (including phenoxy) is 1. The second-order valence-corrected chi connectivity index (χ2v) is 7.84. The molecule has 8 heteroatoms. The quantitative estimate of drug-likeness (QED) is 0.840. The first-order valence-corrected chi connectivity index (χ1v) is 8.92. The average Bonchev–Trinajstić information content (AvgIpc) is 2.57. The molecule has 1 saturated heterocycles. The van der Waals surface area contributed by atoms with Gasteiger partial charge in [0, 0.05) is 38.0 Å². The highest BCUT2D eigenvalue weighted by Gasteiger charge is 2.39. The minimum absolute atomic E-state index is 0.0721. The van der Waals surface area contributed by atoms with E-state index in [0.29, 0.717) is 12.0 Å². The zero-order chi connectivity index (χ0) is 20.4. The smallest absolute Gasteiger partial charge is 0.410 e. The van der Waals surface area contributed by atoms with Gasteiger partial charge in [0.15, 0.2) is 11.6 Å². The molecule has 2 amide bonds. The van der Waals surface area contributed by atoms with Crippen molar-refractivity contribution < 1.29 is 23.1 Å². The Hall–Kier alpha value is -2.22. The van der Waals surface area contributed by atoms with Gasteiger partial charge in [-0.3, -0.25) is 4.79 Å². The first-order chi connectivity index (χ1) is 12.5. The zero-order valence-corrected chi connectivity index (χ0v) is 16.1. The summed E-state index contributed by atoms with van der Waals surface area (Å²) in [6.07, 6.45) is -0.128. The number of hydrogen-bond donors (Lipinski definition) is 2. The normalized spacial score (nSPS) is 23.1. The summed E-state index contributed by atoms with van der Waals surface area (Å²) in [5.41, 5.74) is 6.11. The van der Waals surface area contributed by atoms with Gasteiger partial charge in [-0.15, -0.1) is 0 Å². The monoisotopic (exact) mass is 383 g/mol. The average molecular weight is 383 g/mol. The molecule has 3 N–H and O–H groups in total. The number of carbonyl (C=O) groups is 2. The highest BCUT2D eigenvalue weighted by molar-refractivity contribution is 5.77. The Morgan fingerprint density at radius 3 is 2.52 bits per heavy atom. The summed E-state index contributed by atoms with van der Waals surface area (Å²) in [7, 11) is 1.52. The molecule has 1 aromatic rings. The number of piperidine rings is 1. The number of amides is 2. The minimum atomic E-state index is -0.947. The summed E-state index contributed by atoms with van der Waals surface area (Å²) < 4.78 is 32.3. The molecule has 0 spiro atoms. The molecule has 2 rings (SSSR count). The molecule has 0 radical (unpaired) electrons. The summed E-state index contributed by atoms with van der Waals surface area (Å²) in [5, 5.41) is 2.54. The van der Waals surface area contributed by atoms with E-state index in [4.69, 9.17) is 10.5 Å². The predicted octanol–water partition coefficient (Wildman–Crippen LogP) is 2.52. The molecule has 1 aliphatic rings. The van der Waals surface area contributed by atoms with E-state index in [9.17, 15) is 18.4 Å². The van der Waals surface area contributed by atoms with Gasteiger partial charge in [-0.2, -0.15) is 0 Å². The molecule has 150 valence electrons. The number of halogens is 2. The molecular formula is C19H27F2N3O3. The lowest BCUT2D eigenvalue weighted by Crippen LogP contribution is -2.56. The van der Waals surface area contributed by atoms with E-state index < -0.39 is 35.4 Å². The lowest BCUT2D eigenvalue weighted by atomic mass is 9.81. The Morgan fingerprint density at radius 2 is 1.96 bits per heavy atom. The van der Waals surface area contributed by atoms with E-state index in [-0.39, 0.29) is 24.8 Å². The van der Waals surface area contributed by atoms with Crippen LogP contribution in [-0.2, 0) is 9.53 Å². The number of benzene rings is 1. The standard InChI is InChI=1S/C19H27F2N3O3/c1-19(2,3)27-18(26)24-10-16(22)13(8-12(24)9-17(25)23-4)11-5-6-14(20)15(21)7-11/h5-7,12-13,16H,8-10,22H2,1-4H3,(H,23,25)/t12?,13-,16?/m0/s1. The van der Waals surface area contributed by atoms with Gasteiger partial charge in [0.25, 0.3) is 0 Å². The molecule has 27 heavy (non-hydrogen) atoms.